The monoisotopic (exact) mass is 284 g/mol. The molecule has 1 aromatic heterocycles. The Kier molecular flexibility index (Phi) is 3.20. The van der Waals surface area contributed by atoms with Gasteiger partial charge in [0.15, 0.2) is 5.75 Å². The first-order valence-electron chi connectivity index (χ1n) is 6.22. The van der Waals surface area contributed by atoms with Gasteiger partial charge < -0.3 is 10.5 Å². The van der Waals surface area contributed by atoms with Gasteiger partial charge in [-0.2, -0.15) is 0 Å². The van der Waals surface area contributed by atoms with E-state index in [-0.39, 0.29) is 0 Å². The molecule has 2 N–H and O–H groups in total. The summed E-state index contributed by atoms with van der Waals surface area (Å²) in [5, 5.41) is 1.58. The molecule has 0 aliphatic carbocycles. The summed E-state index contributed by atoms with van der Waals surface area (Å²) in [6.07, 6.45) is 1.73. The molecule has 0 spiro atoms. The van der Waals surface area contributed by atoms with Crippen molar-refractivity contribution in [3.05, 3.63) is 59.2 Å². The summed E-state index contributed by atoms with van der Waals surface area (Å²) in [5.74, 6) is 1.44. The van der Waals surface area contributed by atoms with Gasteiger partial charge in [0.2, 0.25) is 0 Å². The van der Waals surface area contributed by atoms with E-state index in [1.54, 1.807) is 12.3 Å². The fraction of sp³-hybridized carbons (Fsp3) is 0.0625. The Morgan fingerprint density at radius 3 is 2.70 bits per heavy atom. The molecule has 2 aromatic carbocycles. The minimum atomic E-state index is 0.681. The van der Waals surface area contributed by atoms with Crippen LogP contribution in [0.25, 0.3) is 10.9 Å². The lowest BCUT2D eigenvalue weighted by Gasteiger charge is -2.11. The quantitative estimate of drug-likeness (QED) is 0.701. The van der Waals surface area contributed by atoms with E-state index >= 15 is 0 Å². The molecule has 20 heavy (non-hydrogen) atoms. The summed E-state index contributed by atoms with van der Waals surface area (Å²) in [4.78, 5) is 4.35. The van der Waals surface area contributed by atoms with Crippen molar-refractivity contribution in [1.29, 1.82) is 0 Å². The van der Waals surface area contributed by atoms with Crippen LogP contribution in [0.15, 0.2) is 48.7 Å². The van der Waals surface area contributed by atoms with Crippen molar-refractivity contribution in [2.24, 2.45) is 0 Å². The van der Waals surface area contributed by atoms with E-state index in [2.05, 4.69) is 4.98 Å². The SMILES string of the molecule is Cc1cc(Cl)ccc1Oc1ccc(N)c2cccnc12. The van der Waals surface area contributed by atoms with E-state index < -0.39 is 0 Å². The van der Waals surface area contributed by atoms with E-state index in [1.165, 1.54) is 0 Å². The molecule has 4 heteroatoms. The maximum atomic E-state index is 5.96. The molecule has 3 aromatic rings. The van der Waals surface area contributed by atoms with Gasteiger partial charge >= 0.3 is 0 Å². The van der Waals surface area contributed by atoms with E-state index in [0.717, 1.165) is 22.2 Å². The third-order valence-electron chi connectivity index (χ3n) is 3.12. The van der Waals surface area contributed by atoms with Gasteiger partial charge in [-0.05, 0) is 55.0 Å². The normalized spacial score (nSPS) is 10.7. The van der Waals surface area contributed by atoms with Gasteiger partial charge in [-0.3, -0.25) is 4.98 Å². The maximum absolute atomic E-state index is 5.96. The van der Waals surface area contributed by atoms with E-state index in [0.29, 0.717) is 16.5 Å². The van der Waals surface area contributed by atoms with E-state index in [1.807, 2.05) is 43.3 Å². The predicted octanol–water partition coefficient (Wildman–Crippen LogP) is 4.57. The van der Waals surface area contributed by atoms with Crippen LogP contribution in [-0.4, -0.2) is 4.98 Å². The Morgan fingerprint density at radius 2 is 1.90 bits per heavy atom. The first kappa shape index (κ1) is 12.8. The summed E-state index contributed by atoms with van der Waals surface area (Å²) in [5.41, 5.74) is 8.37. The Balaban J connectivity index is 2.09. The van der Waals surface area contributed by atoms with Crippen LogP contribution in [0.1, 0.15) is 5.56 Å². The molecule has 0 saturated carbocycles. The number of halogens is 1. The van der Waals surface area contributed by atoms with Crippen molar-refractivity contribution in [3.63, 3.8) is 0 Å². The van der Waals surface area contributed by atoms with Crippen LogP contribution >= 0.6 is 11.6 Å². The highest BCUT2D eigenvalue weighted by Gasteiger charge is 2.08. The number of aromatic nitrogens is 1. The Hall–Kier alpha value is -2.26. The molecule has 100 valence electrons. The topological polar surface area (TPSA) is 48.1 Å². The minimum absolute atomic E-state index is 0.681. The second-order valence-electron chi connectivity index (χ2n) is 4.56. The molecule has 0 radical (unpaired) electrons. The fourth-order valence-electron chi connectivity index (χ4n) is 2.10. The molecule has 0 atom stereocenters. The number of ether oxygens (including phenoxy) is 1. The molecule has 0 unspecified atom stereocenters. The number of nitrogens with two attached hydrogens (primary N) is 1. The third kappa shape index (κ3) is 2.28. The van der Waals surface area contributed by atoms with Gasteiger partial charge in [0.05, 0.1) is 0 Å². The Labute approximate surface area is 122 Å². The Morgan fingerprint density at radius 1 is 1.10 bits per heavy atom. The van der Waals surface area contributed by atoms with Crippen LogP contribution in [0.2, 0.25) is 5.02 Å². The lowest BCUT2D eigenvalue weighted by atomic mass is 10.1. The number of rotatable bonds is 2. The van der Waals surface area contributed by atoms with Crippen LogP contribution in [0, 0.1) is 6.92 Å². The zero-order valence-electron chi connectivity index (χ0n) is 10.9. The standard InChI is InChI=1S/C16H13ClN2O/c1-10-9-11(17)4-6-14(10)20-15-7-5-13(18)12-3-2-8-19-16(12)15/h2-9H,18H2,1H3. The molecular weight excluding hydrogens is 272 g/mol. The third-order valence-corrected chi connectivity index (χ3v) is 3.36. The number of benzene rings is 2. The number of hydrogen-bond acceptors (Lipinski definition) is 3. The lowest BCUT2D eigenvalue weighted by Crippen LogP contribution is -1.93. The van der Waals surface area contributed by atoms with Crippen molar-refractivity contribution in [2.75, 3.05) is 5.73 Å². The van der Waals surface area contributed by atoms with Gasteiger partial charge in [-0.15, -0.1) is 0 Å². The molecular formula is C16H13ClN2O. The average Bonchev–Trinajstić information content (AvgIpc) is 2.45. The van der Waals surface area contributed by atoms with Crippen LogP contribution in [0.4, 0.5) is 5.69 Å². The highest BCUT2D eigenvalue weighted by atomic mass is 35.5. The van der Waals surface area contributed by atoms with Crippen LogP contribution in [-0.2, 0) is 0 Å². The second-order valence-corrected chi connectivity index (χ2v) is 5.00. The van der Waals surface area contributed by atoms with Crippen molar-refractivity contribution in [3.8, 4) is 11.5 Å². The summed E-state index contributed by atoms with van der Waals surface area (Å²) in [7, 11) is 0. The van der Waals surface area contributed by atoms with Crippen molar-refractivity contribution in [2.45, 2.75) is 6.92 Å². The van der Waals surface area contributed by atoms with E-state index in [4.69, 9.17) is 22.1 Å². The van der Waals surface area contributed by atoms with E-state index in [9.17, 15) is 0 Å². The summed E-state index contributed by atoms with van der Waals surface area (Å²) >= 11 is 5.95. The zero-order chi connectivity index (χ0) is 14.1. The molecule has 0 aliphatic rings. The number of anilines is 1. The zero-order valence-corrected chi connectivity index (χ0v) is 11.7. The Bertz CT molecular complexity index is 787. The lowest BCUT2D eigenvalue weighted by molar-refractivity contribution is 0.483. The number of nitrogen functional groups attached to an aromatic ring is 1. The van der Waals surface area contributed by atoms with Crippen LogP contribution in [0.3, 0.4) is 0 Å². The van der Waals surface area contributed by atoms with Crippen LogP contribution < -0.4 is 10.5 Å². The maximum Gasteiger partial charge on any atom is 0.153 e. The smallest absolute Gasteiger partial charge is 0.153 e. The molecule has 1 heterocycles. The second kappa shape index (κ2) is 5.02. The number of hydrogen-bond donors (Lipinski definition) is 1. The molecule has 3 nitrogen and oxygen atoms in total. The number of pyridine rings is 1. The number of aryl methyl sites for hydroxylation is 1. The van der Waals surface area contributed by atoms with Gasteiger partial charge in [0, 0.05) is 22.3 Å². The first-order valence-corrected chi connectivity index (χ1v) is 6.60. The molecule has 0 aliphatic heterocycles. The molecule has 0 amide bonds. The first-order chi connectivity index (χ1) is 9.65. The highest BCUT2D eigenvalue weighted by Crippen LogP contribution is 2.33. The van der Waals surface area contributed by atoms with Crippen molar-refractivity contribution < 1.29 is 4.74 Å². The fourth-order valence-corrected chi connectivity index (χ4v) is 2.32. The predicted molar refractivity (Wildman–Crippen MR) is 82.4 cm³/mol. The largest absolute Gasteiger partial charge is 0.455 e. The van der Waals surface area contributed by atoms with Gasteiger partial charge in [-0.1, -0.05) is 11.6 Å². The summed E-state index contributed by atoms with van der Waals surface area (Å²) in [6.45, 7) is 1.95. The van der Waals surface area contributed by atoms with Crippen molar-refractivity contribution >= 4 is 28.2 Å². The minimum Gasteiger partial charge on any atom is -0.455 e. The summed E-state index contributed by atoms with van der Waals surface area (Å²) in [6, 6.07) is 13.0. The van der Waals surface area contributed by atoms with Gasteiger partial charge in [0.25, 0.3) is 0 Å². The van der Waals surface area contributed by atoms with Crippen LogP contribution in [0.5, 0.6) is 11.5 Å². The highest BCUT2D eigenvalue weighted by molar-refractivity contribution is 6.30. The molecule has 0 fully saturated rings. The van der Waals surface area contributed by atoms with Crippen molar-refractivity contribution in [1.82, 2.24) is 4.98 Å². The van der Waals surface area contributed by atoms with Gasteiger partial charge in [-0.25, -0.2) is 0 Å². The van der Waals surface area contributed by atoms with Gasteiger partial charge in [0.1, 0.15) is 11.3 Å². The average molecular weight is 285 g/mol. The molecule has 3 rings (SSSR count). The molecule has 0 bridgehead atoms. The summed E-state index contributed by atoms with van der Waals surface area (Å²) < 4.78 is 5.96. The number of nitrogens with zero attached hydrogens (tertiary/aromatic N) is 1. The molecule has 0 saturated heterocycles. The number of fused-ring (bicyclic) bond motifs is 1.